The molecule has 1 aliphatic rings. The third-order valence-corrected chi connectivity index (χ3v) is 5.44. The topological polar surface area (TPSA) is 15.7 Å². The van der Waals surface area contributed by atoms with Crippen molar-refractivity contribution in [3.05, 3.63) is 53.6 Å². The smallest absolute Gasteiger partial charge is 0.180 e. The van der Waals surface area contributed by atoms with Gasteiger partial charge in [-0.2, -0.15) is 0 Å². The van der Waals surface area contributed by atoms with Gasteiger partial charge in [0.25, 0.3) is 0 Å². The summed E-state index contributed by atoms with van der Waals surface area (Å²) >= 11 is 5.92. The summed E-state index contributed by atoms with van der Waals surface area (Å²) in [4.78, 5) is 4.50. The Morgan fingerprint density at radius 3 is 2.00 bits per heavy atom. The van der Waals surface area contributed by atoms with Gasteiger partial charge in [-0.1, -0.05) is 58.0 Å². The molecule has 3 rings (SSSR count). The van der Waals surface area contributed by atoms with Crippen LogP contribution in [0, 0.1) is 0 Å². The SMILES string of the molecule is COc1ccccc1N1CCN(c2c(C(C)C)cccc2C(C)C)C1=S. The lowest BCUT2D eigenvalue weighted by Gasteiger charge is -2.29. The number of benzene rings is 2. The van der Waals surface area contributed by atoms with Crippen molar-refractivity contribution in [3.8, 4) is 5.75 Å². The summed E-state index contributed by atoms with van der Waals surface area (Å²) in [5.41, 5.74) is 5.05. The lowest BCUT2D eigenvalue weighted by molar-refractivity contribution is 0.415. The molecule has 2 aromatic carbocycles. The van der Waals surface area contributed by atoms with Crippen LogP contribution in [0.25, 0.3) is 0 Å². The molecule has 1 heterocycles. The van der Waals surface area contributed by atoms with E-state index < -0.39 is 0 Å². The van der Waals surface area contributed by atoms with Gasteiger partial charge in [0.05, 0.1) is 18.5 Å². The van der Waals surface area contributed by atoms with E-state index in [9.17, 15) is 0 Å². The van der Waals surface area contributed by atoms with Crippen molar-refractivity contribution < 1.29 is 4.74 Å². The van der Waals surface area contributed by atoms with Gasteiger partial charge >= 0.3 is 0 Å². The van der Waals surface area contributed by atoms with Crippen LogP contribution in [0.3, 0.4) is 0 Å². The van der Waals surface area contributed by atoms with Crippen LogP contribution in [0.1, 0.15) is 50.7 Å². The molecule has 0 N–H and O–H groups in total. The Morgan fingerprint density at radius 2 is 1.42 bits per heavy atom. The molecule has 1 saturated heterocycles. The maximum atomic E-state index is 5.92. The normalized spacial score (nSPS) is 14.7. The molecule has 0 saturated carbocycles. The average Bonchev–Trinajstić information content (AvgIpc) is 3.01. The van der Waals surface area contributed by atoms with Crippen molar-refractivity contribution in [2.75, 3.05) is 30.0 Å². The molecule has 0 spiro atoms. The summed E-state index contributed by atoms with van der Waals surface area (Å²) < 4.78 is 5.55. The van der Waals surface area contributed by atoms with Gasteiger partial charge in [-0.25, -0.2) is 0 Å². The van der Waals surface area contributed by atoms with Crippen LogP contribution < -0.4 is 14.5 Å². The third-order valence-electron chi connectivity index (χ3n) is 5.00. The van der Waals surface area contributed by atoms with Crippen LogP contribution in [0.4, 0.5) is 11.4 Å². The number of para-hydroxylation sites is 3. The molecule has 0 atom stereocenters. The first kappa shape index (κ1) is 18.7. The van der Waals surface area contributed by atoms with Gasteiger partial charge in [0.2, 0.25) is 0 Å². The first-order valence-electron chi connectivity index (χ1n) is 9.30. The van der Waals surface area contributed by atoms with Gasteiger partial charge in [0.15, 0.2) is 5.11 Å². The summed E-state index contributed by atoms with van der Waals surface area (Å²) in [5, 5.41) is 0.851. The van der Waals surface area contributed by atoms with Crippen LogP contribution >= 0.6 is 12.2 Å². The highest BCUT2D eigenvalue weighted by molar-refractivity contribution is 7.80. The molecule has 0 aromatic heterocycles. The minimum absolute atomic E-state index is 0.451. The molecular formula is C22H28N2OS. The molecule has 0 radical (unpaired) electrons. The average molecular weight is 369 g/mol. The van der Waals surface area contributed by atoms with Crippen molar-refractivity contribution in [1.29, 1.82) is 0 Å². The van der Waals surface area contributed by atoms with Crippen molar-refractivity contribution in [2.45, 2.75) is 39.5 Å². The van der Waals surface area contributed by atoms with E-state index in [0.29, 0.717) is 11.8 Å². The largest absolute Gasteiger partial charge is 0.495 e. The zero-order valence-electron chi connectivity index (χ0n) is 16.3. The first-order chi connectivity index (χ1) is 12.5. The molecule has 138 valence electrons. The number of rotatable bonds is 5. The van der Waals surface area contributed by atoms with E-state index >= 15 is 0 Å². The van der Waals surface area contributed by atoms with Crippen molar-refractivity contribution in [3.63, 3.8) is 0 Å². The Labute approximate surface area is 162 Å². The standard InChI is InChI=1S/C22H28N2OS/c1-15(2)17-9-8-10-18(16(3)4)21(17)24-14-13-23(22(24)26)19-11-6-7-12-20(19)25-5/h6-12,15-16H,13-14H2,1-5H3. The molecule has 0 aliphatic carbocycles. The minimum Gasteiger partial charge on any atom is -0.495 e. The lowest BCUT2D eigenvalue weighted by Crippen LogP contribution is -2.33. The Balaban J connectivity index is 2.04. The quantitative estimate of drug-likeness (QED) is 0.642. The van der Waals surface area contributed by atoms with E-state index in [0.717, 1.165) is 29.6 Å². The Morgan fingerprint density at radius 1 is 0.846 bits per heavy atom. The van der Waals surface area contributed by atoms with Crippen LogP contribution in [0.15, 0.2) is 42.5 Å². The van der Waals surface area contributed by atoms with Crippen molar-refractivity contribution in [2.24, 2.45) is 0 Å². The predicted molar refractivity (Wildman–Crippen MR) is 115 cm³/mol. The van der Waals surface area contributed by atoms with Crippen LogP contribution in [-0.2, 0) is 0 Å². The lowest BCUT2D eigenvalue weighted by atomic mass is 9.92. The minimum atomic E-state index is 0.451. The molecular weight excluding hydrogens is 340 g/mol. The highest BCUT2D eigenvalue weighted by Gasteiger charge is 2.32. The summed E-state index contributed by atoms with van der Waals surface area (Å²) in [5.74, 6) is 1.76. The van der Waals surface area contributed by atoms with Gasteiger partial charge in [0, 0.05) is 13.1 Å². The number of thiocarbonyl (C=S) groups is 1. The Hall–Kier alpha value is -2.07. The van der Waals surface area contributed by atoms with Crippen LogP contribution in [0.5, 0.6) is 5.75 Å². The fourth-order valence-corrected chi connectivity index (χ4v) is 4.02. The number of hydrogen-bond acceptors (Lipinski definition) is 2. The molecule has 4 heteroatoms. The van der Waals surface area contributed by atoms with E-state index in [1.807, 2.05) is 18.2 Å². The van der Waals surface area contributed by atoms with E-state index in [1.165, 1.54) is 16.8 Å². The maximum absolute atomic E-state index is 5.92. The first-order valence-corrected chi connectivity index (χ1v) is 9.71. The van der Waals surface area contributed by atoms with E-state index in [4.69, 9.17) is 17.0 Å². The Bertz CT molecular complexity index is 774. The molecule has 0 amide bonds. The van der Waals surface area contributed by atoms with E-state index in [2.05, 4.69) is 61.8 Å². The fraction of sp³-hybridized carbons (Fsp3) is 0.409. The highest BCUT2D eigenvalue weighted by atomic mass is 32.1. The zero-order chi connectivity index (χ0) is 18.8. The number of ether oxygens (including phenoxy) is 1. The Kier molecular flexibility index (Phi) is 5.52. The van der Waals surface area contributed by atoms with Gasteiger partial charge < -0.3 is 14.5 Å². The fourth-order valence-electron chi connectivity index (χ4n) is 3.64. The molecule has 26 heavy (non-hydrogen) atoms. The number of methoxy groups -OCH3 is 1. The van der Waals surface area contributed by atoms with Crippen LogP contribution in [0.2, 0.25) is 0 Å². The highest BCUT2D eigenvalue weighted by Crippen LogP contribution is 2.39. The second kappa shape index (κ2) is 7.67. The van der Waals surface area contributed by atoms with Crippen LogP contribution in [-0.4, -0.2) is 25.3 Å². The van der Waals surface area contributed by atoms with Gasteiger partial charge in [-0.3, -0.25) is 0 Å². The van der Waals surface area contributed by atoms with Crippen molar-refractivity contribution >= 4 is 28.7 Å². The maximum Gasteiger partial charge on any atom is 0.180 e. The monoisotopic (exact) mass is 368 g/mol. The molecule has 0 unspecified atom stereocenters. The zero-order valence-corrected chi connectivity index (χ0v) is 17.1. The summed E-state index contributed by atoms with van der Waals surface area (Å²) in [6.07, 6.45) is 0. The number of hydrogen-bond donors (Lipinski definition) is 0. The summed E-state index contributed by atoms with van der Waals surface area (Å²) in [6.45, 7) is 10.8. The molecule has 1 fully saturated rings. The van der Waals surface area contributed by atoms with E-state index in [1.54, 1.807) is 7.11 Å². The molecule has 0 bridgehead atoms. The van der Waals surface area contributed by atoms with Gasteiger partial charge in [0.1, 0.15) is 5.75 Å². The second-order valence-corrected chi connectivity index (χ2v) is 7.72. The van der Waals surface area contributed by atoms with Gasteiger partial charge in [-0.05, 0) is 47.3 Å². The third kappa shape index (κ3) is 3.30. The van der Waals surface area contributed by atoms with Crippen molar-refractivity contribution in [1.82, 2.24) is 0 Å². The number of nitrogens with zero attached hydrogens (tertiary/aromatic N) is 2. The summed E-state index contributed by atoms with van der Waals surface area (Å²) in [6, 6.07) is 14.7. The van der Waals surface area contributed by atoms with Gasteiger partial charge in [-0.15, -0.1) is 0 Å². The predicted octanol–water partition coefficient (Wildman–Crippen LogP) is 5.55. The van der Waals surface area contributed by atoms with E-state index in [-0.39, 0.29) is 0 Å². The molecule has 1 aliphatic heterocycles. The molecule has 2 aromatic rings. The second-order valence-electron chi connectivity index (χ2n) is 7.35. The number of anilines is 2. The molecule has 3 nitrogen and oxygen atoms in total. The summed E-state index contributed by atoms with van der Waals surface area (Å²) in [7, 11) is 1.71.